The van der Waals surface area contributed by atoms with Crippen LogP contribution in [0.25, 0.3) is 0 Å². The van der Waals surface area contributed by atoms with Crippen molar-refractivity contribution >= 4 is 29.5 Å². The van der Waals surface area contributed by atoms with Crippen LogP contribution in [-0.4, -0.2) is 80.6 Å². The fourth-order valence-electron chi connectivity index (χ4n) is 3.29. The van der Waals surface area contributed by atoms with E-state index in [9.17, 15) is 23.5 Å². The third-order valence-electron chi connectivity index (χ3n) is 4.74. The van der Waals surface area contributed by atoms with E-state index in [-0.39, 0.29) is 43.1 Å². The summed E-state index contributed by atoms with van der Waals surface area (Å²) in [7, 11) is 0. The number of H-pyrrole nitrogens is 1. The van der Waals surface area contributed by atoms with Crippen LogP contribution < -0.4 is 10.2 Å². The minimum Gasteiger partial charge on any atom is -0.393 e. The van der Waals surface area contributed by atoms with Gasteiger partial charge in [0.1, 0.15) is 29.1 Å². The van der Waals surface area contributed by atoms with Crippen molar-refractivity contribution < 1.29 is 28.6 Å². The van der Waals surface area contributed by atoms with Gasteiger partial charge in [0.05, 0.1) is 12.8 Å². The Kier molecular flexibility index (Phi) is 6.84. The van der Waals surface area contributed by atoms with Crippen molar-refractivity contribution in [2.24, 2.45) is 0 Å². The Bertz CT molecular complexity index is 885. The number of amides is 2. The molecule has 1 fully saturated rings. The number of halogens is 2. The molecule has 3 rings (SSSR count). The van der Waals surface area contributed by atoms with Crippen molar-refractivity contribution in [3.8, 4) is 0 Å². The second-order valence-electron chi connectivity index (χ2n) is 6.62. The van der Waals surface area contributed by atoms with Gasteiger partial charge >= 0.3 is 0 Å². The zero-order chi connectivity index (χ0) is 21.8. The van der Waals surface area contributed by atoms with Crippen LogP contribution in [0.1, 0.15) is 17.3 Å². The molecule has 1 saturated heterocycles. The van der Waals surface area contributed by atoms with Crippen molar-refractivity contribution in [3.05, 3.63) is 41.2 Å². The molecule has 0 spiro atoms. The summed E-state index contributed by atoms with van der Waals surface area (Å²) >= 11 is 3.65. The number of piperazine rings is 1. The van der Waals surface area contributed by atoms with Gasteiger partial charge in [-0.05, 0) is 17.7 Å². The molecule has 13 heteroatoms. The fourth-order valence-corrected chi connectivity index (χ4v) is 3.42. The van der Waals surface area contributed by atoms with Crippen LogP contribution in [0.15, 0.2) is 18.3 Å². The average Bonchev–Trinajstić information content (AvgIpc) is 3.25. The van der Waals surface area contributed by atoms with Crippen LogP contribution in [0.3, 0.4) is 0 Å². The van der Waals surface area contributed by atoms with E-state index in [1.165, 1.54) is 16.0 Å². The van der Waals surface area contributed by atoms with Gasteiger partial charge in [-0.3, -0.25) is 9.59 Å². The van der Waals surface area contributed by atoms with E-state index >= 15 is 0 Å². The highest BCUT2D eigenvalue weighted by molar-refractivity contribution is 7.96. The Labute approximate surface area is 175 Å². The lowest BCUT2D eigenvalue weighted by Crippen LogP contribution is -2.52. The molecule has 2 amide bonds. The second kappa shape index (κ2) is 9.36. The van der Waals surface area contributed by atoms with Crippen LogP contribution in [0, 0.1) is 11.6 Å². The topological polar surface area (TPSA) is 135 Å². The van der Waals surface area contributed by atoms with E-state index in [1.807, 2.05) is 0 Å². The highest BCUT2D eigenvalue weighted by atomic mass is 32.1. The molecule has 0 bridgehead atoms. The number of aliphatic hydroxyl groups excluding tert-OH is 2. The molecule has 0 aliphatic carbocycles. The molecule has 162 valence electrons. The number of carbonyl (C=O) groups excluding carboxylic acids is 2. The summed E-state index contributed by atoms with van der Waals surface area (Å²) < 4.78 is 29.7. The van der Waals surface area contributed by atoms with E-state index in [4.69, 9.17) is 5.11 Å². The second-order valence-corrected chi connectivity index (χ2v) is 7.03. The van der Waals surface area contributed by atoms with Gasteiger partial charge in [-0.15, -0.1) is 0 Å². The highest BCUT2D eigenvalue weighted by Crippen LogP contribution is 2.30. The number of hydrogen-bond acceptors (Lipinski definition) is 7. The quantitative estimate of drug-likeness (QED) is 0.392. The molecule has 4 N–H and O–H groups in total. The minimum atomic E-state index is -1.51. The van der Waals surface area contributed by atoms with Crippen LogP contribution in [0.5, 0.6) is 0 Å². The number of nitrogens with zero attached hydrogens (tertiary/aromatic N) is 4. The Hall–Kier alpha value is -2.77. The minimum absolute atomic E-state index is 0.116. The largest absolute Gasteiger partial charge is 0.393 e. The molecule has 0 saturated carbocycles. The van der Waals surface area contributed by atoms with Gasteiger partial charge < -0.3 is 25.3 Å². The molecule has 1 aliphatic rings. The third-order valence-corrected chi connectivity index (χ3v) is 4.86. The van der Waals surface area contributed by atoms with Crippen molar-refractivity contribution in [1.82, 2.24) is 25.6 Å². The van der Waals surface area contributed by atoms with Crippen LogP contribution in [0.4, 0.5) is 19.3 Å². The molecule has 2 heterocycles. The standard InChI is InChI=1S/C17H20F2N6O4S/c18-10-5-9(14(21-17(29)30)12-7-20-23-22-12)6-11(19)15(10)24-1-3-25(4-2-24)16(28)13(27)8-26/h5-7,13-14,26-27H,1-4,8H2,(H,20,22,23)(H2,21,29,30)/t13-,14?/m1/s1. The Morgan fingerprint density at radius 1 is 1.23 bits per heavy atom. The first-order valence-electron chi connectivity index (χ1n) is 8.98. The zero-order valence-electron chi connectivity index (χ0n) is 15.6. The number of thiol groups is 1. The van der Waals surface area contributed by atoms with E-state index in [0.717, 1.165) is 12.1 Å². The molecule has 0 radical (unpaired) electrons. The number of carbonyl (C=O) groups is 2. The molecule has 30 heavy (non-hydrogen) atoms. The summed E-state index contributed by atoms with van der Waals surface area (Å²) in [6, 6.07) is 1.23. The summed E-state index contributed by atoms with van der Waals surface area (Å²) in [5, 5.41) is 29.9. The van der Waals surface area contributed by atoms with Crippen molar-refractivity contribution in [2.75, 3.05) is 37.7 Å². The summed E-state index contributed by atoms with van der Waals surface area (Å²) in [6.07, 6.45) is -0.199. The number of aromatic amines is 1. The molecule has 10 nitrogen and oxygen atoms in total. The van der Waals surface area contributed by atoms with Crippen molar-refractivity contribution in [3.63, 3.8) is 0 Å². The van der Waals surface area contributed by atoms with Gasteiger partial charge in [-0.25, -0.2) is 8.78 Å². The van der Waals surface area contributed by atoms with E-state index in [0.29, 0.717) is 0 Å². The van der Waals surface area contributed by atoms with E-state index < -0.39 is 41.5 Å². The van der Waals surface area contributed by atoms with Crippen molar-refractivity contribution in [1.29, 1.82) is 0 Å². The van der Waals surface area contributed by atoms with Crippen molar-refractivity contribution in [2.45, 2.75) is 12.1 Å². The normalized spacial score (nSPS) is 16.3. The molecule has 1 unspecified atom stereocenters. The van der Waals surface area contributed by atoms with Gasteiger partial charge in [0.25, 0.3) is 11.1 Å². The third kappa shape index (κ3) is 4.68. The van der Waals surface area contributed by atoms with Gasteiger partial charge in [0, 0.05) is 26.2 Å². The highest BCUT2D eigenvalue weighted by Gasteiger charge is 2.29. The number of aliphatic hydroxyl groups is 2. The molecular formula is C17H20F2N6O4S. The number of rotatable bonds is 6. The maximum Gasteiger partial charge on any atom is 0.276 e. The number of benzene rings is 1. The Morgan fingerprint density at radius 2 is 1.87 bits per heavy atom. The van der Waals surface area contributed by atoms with Crippen LogP contribution in [0.2, 0.25) is 0 Å². The van der Waals surface area contributed by atoms with Gasteiger partial charge in [-0.1, -0.05) is 12.6 Å². The lowest BCUT2D eigenvalue weighted by atomic mass is 10.0. The first kappa shape index (κ1) is 21.9. The fraction of sp³-hybridized carbons (Fsp3) is 0.412. The molecule has 1 aliphatic heterocycles. The number of aromatic nitrogens is 3. The van der Waals surface area contributed by atoms with Crippen LogP contribution >= 0.6 is 12.6 Å². The predicted molar refractivity (Wildman–Crippen MR) is 104 cm³/mol. The van der Waals surface area contributed by atoms with Gasteiger partial charge in [-0.2, -0.15) is 15.4 Å². The number of anilines is 1. The van der Waals surface area contributed by atoms with E-state index in [2.05, 4.69) is 33.4 Å². The summed E-state index contributed by atoms with van der Waals surface area (Å²) in [5.74, 6) is -2.32. The smallest absolute Gasteiger partial charge is 0.276 e. The Morgan fingerprint density at radius 3 is 2.37 bits per heavy atom. The zero-order valence-corrected chi connectivity index (χ0v) is 16.5. The Balaban J connectivity index is 1.80. The van der Waals surface area contributed by atoms with Gasteiger partial charge in [0.15, 0.2) is 6.10 Å². The number of hydrogen-bond donors (Lipinski definition) is 5. The molecule has 2 atom stereocenters. The predicted octanol–water partition coefficient (Wildman–Crippen LogP) is -0.187. The maximum absolute atomic E-state index is 14.9. The SMILES string of the molecule is O=C(S)NC(c1cc(F)c(N2CCN(C(=O)[C@H](O)CO)CC2)c(F)c1)c1cn[nH]n1. The van der Waals surface area contributed by atoms with Gasteiger partial charge in [0.2, 0.25) is 0 Å². The first-order valence-corrected chi connectivity index (χ1v) is 9.43. The lowest BCUT2D eigenvalue weighted by Gasteiger charge is -2.37. The van der Waals surface area contributed by atoms with Crippen LogP contribution in [-0.2, 0) is 4.79 Å². The molecule has 1 aromatic heterocycles. The summed E-state index contributed by atoms with van der Waals surface area (Å²) in [4.78, 5) is 26.1. The molecular weight excluding hydrogens is 422 g/mol. The monoisotopic (exact) mass is 442 g/mol. The average molecular weight is 442 g/mol. The molecule has 1 aromatic carbocycles. The lowest BCUT2D eigenvalue weighted by molar-refractivity contribution is -0.142. The summed E-state index contributed by atoms with van der Waals surface area (Å²) in [6.45, 7) is -0.158. The van der Waals surface area contributed by atoms with E-state index in [1.54, 1.807) is 0 Å². The molecule has 2 aromatic rings. The maximum atomic E-state index is 14.9. The first-order chi connectivity index (χ1) is 14.3. The summed E-state index contributed by atoms with van der Waals surface area (Å²) in [5.41, 5.74) is 0.105. The number of nitrogens with one attached hydrogen (secondary N) is 2.